The molecule has 0 bridgehead atoms. The Morgan fingerprint density at radius 3 is 2.62 bits per heavy atom. The van der Waals surface area contributed by atoms with Crippen molar-refractivity contribution in [2.75, 3.05) is 0 Å². The van der Waals surface area contributed by atoms with E-state index < -0.39 is 30.2 Å². The fraction of sp³-hybridized carbons (Fsp3) is 0.312. The van der Waals surface area contributed by atoms with Crippen molar-refractivity contribution < 1.29 is 23.6 Å². The van der Waals surface area contributed by atoms with E-state index in [0.717, 1.165) is 6.07 Å². The number of halogens is 2. The largest absolute Gasteiger partial charge is 0.481 e. The minimum absolute atomic E-state index is 0.0384. The topological polar surface area (TPSA) is 92.4 Å². The maximum Gasteiger partial charge on any atom is 0.305 e. The Morgan fingerprint density at radius 1 is 1.38 bits per heavy atom. The van der Waals surface area contributed by atoms with Crippen LogP contribution in [-0.2, 0) is 4.79 Å². The number of rotatable bonds is 6. The van der Waals surface area contributed by atoms with E-state index in [1.807, 2.05) is 13.8 Å². The van der Waals surface area contributed by atoms with Crippen LogP contribution in [0.4, 0.5) is 4.39 Å². The van der Waals surface area contributed by atoms with Crippen LogP contribution in [0, 0.1) is 5.82 Å². The zero-order valence-corrected chi connectivity index (χ0v) is 13.8. The van der Waals surface area contributed by atoms with Crippen molar-refractivity contribution in [3.05, 3.63) is 52.1 Å². The Kier molecular flexibility index (Phi) is 5.56. The van der Waals surface area contributed by atoms with Gasteiger partial charge < -0.3 is 14.9 Å². The van der Waals surface area contributed by atoms with Gasteiger partial charge in [-0.25, -0.2) is 4.39 Å². The molecule has 2 rings (SSSR count). The van der Waals surface area contributed by atoms with E-state index in [2.05, 4.69) is 10.5 Å². The van der Waals surface area contributed by atoms with Crippen molar-refractivity contribution in [3.8, 4) is 0 Å². The van der Waals surface area contributed by atoms with Crippen LogP contribution < -0.4 is 5.32 Å². The zero-order valence-electron chi connectivity index (χ0n) is 13.0. The van der Waals surface area contributed by atoms with E-state index in [9.17, 15) is 14.0 Å². The predicted octanol–water partition coefficient (Wildman–Crippen LogP) is 3.54. The summed E-state index contributed by atoms with van der Waals surface area (Å²) in [7, 11) is 0. The monoisotopic (exact) mass is 354 g/mol. The number of hydrogen-bond donors (Lipinski definition) is 2. The Balaban J connectivity index is 2.22. The molecule has 1 atom stereocenters. The average molecular weight is 355 g/mol. The minimum Gasteiger partial charge on any atom is -0.481 e. The molecule has 0 spiro atoms. The molecule has 0 aliphatic heterocycles. The first kappa shape index (κ1) is 17.9. The summed E-state index contributed by atoms with van der Waals surface area (Å²) >= 11 is 5.62. The summed E-state index contributed by atoms with van der Waals surface area (Å²) in [5, 5.41) is 15.2. The molecule has 0 saturated carbocycles. The van der Waals surface area contributed by atoms with Gasteiger partial charge in [-0.15, -0.1) is 0 Å². The van der Waals surface area contributed by atoms with E-state index >= 15 is 0 Å². The first-order valence-corrected chi connectivity index (χ1v) is 7.60. The molecule has 0 fully saturated rings. The summed E-state index contributed by atoms with van der Waals surface area (Å²) in [6.45, 7) is 3.78. The van der Waals surface area contributed by atoms with Gasteiger partial charge in [0.1, 0.15) is 5.82 Å². The van der Waals surface area contributed by atoms with Crippen LogP contribution in [0.2, 0.25) is 5.02 Å². The molecule has 2 aromatic rings. The van der Waals surface area contributed by atoms with Crippen LogP contribution in [0.1, 0.15) is 54.0 Å². The third-order valence-corrected chi connectivity index (χ3v) is 3.68. The van der Waals surface area contributed by atoms with Gasteiger partial charge in [0.25, 0.3) is 5.91 Å². The van der Waals surface area contributed by atoms with E-state index in [1.165, 1.54) is 18.2 Å². The molecule has 8 heteroatoms. The van der Waals surface area contributed by atoms with Crippen LogP contribution in [0.5, 0.6) is 0 Å². The Morgan fingerprint density at radius 2 is 2.08 bits per heavy atom. The summed E-state index contributed by atoms with van der Waals surface area (Å²) in [6, 6.07) is 4.41. The maximum absolute atomic E-state index is 13.6. The Bertz CT molecular complexity index is 760. The first-order chi connectivity index (χ1) is 11.3. The summed E-state index contributed by atoms with van der Waals surface area (Å²) in [5.74, 6) is -2.42. The molecule has 0 saturated heterocycles. The fourth-order valence-electron chi connectivity index (χ4n) is 2.05. The van der Waals surface area contributed by atoms with Gasteiger partial charge >= 0.3 is 5.97 Å². The molecule has 1 aromatic carbocycles. The molecule has 2 N–H and O–H groups in total. The second-order valence-electron chi connectivity index (χ2n) is 5.57. The van der Waals surface area contributed by atoms with Crippen molar-refractivity contribution in [2.24, 2.45) is 0 Å². The third kappa shape index (κ3) is 4.32. The lowest BCUT2D eigenvalue weighted by Crippen LogP contribution is -2.30. The van der Waals surface area contributed by atoms with Gasteiger partial charge in [0.15, 0.2) is 0 Å². The molecule has 0 aliphatic rings. The van der Waals surface area contributed by atoms with E-state index in [0.29, 0.717) is 5.69 Å². The summed E-state index contributed by atoms with van der Waals surface area (Å²) in [4.78, 5) is 23.3. The van der Waals surface area contributed by atoms with Crippen LogP contribution >= 0.6 is 11.6 Å². The standard InChI is InChI=1S/C16H16ClFN2O4/c1-8(2)12-6-14(24-20-12)16(23)19-13(7-15(21)22)9-3-4-10(17)11(18)5-9/h3-6,8,13H,7H2,1-2H3,(H,19,23)(H,21,22). The smallest absolute Gasteiger partial charge is 0.305 e. The molecule has 1 aromatic heterocycles. The molecule has 1 amide bonds. The van der Waals surface area contributed by atoms with Gasteiger partial charge in [-0.2, -0.15) is 0 Å². The lowest BCUT2D eigenvalue weighted by atomic mass is 10.0. The number of benzene rings is 1. The van der Waals surface area contributed by atoms with E-state index in [4.69, 9.17) is 21.2 Å². The number of hydrogen-bond acceptors (Lipinski definition) is 4. The fourth-order valence-corrected chi connectivity index (χ4v) is 2.17. The van der Waals surface area contributed by atoms with Crippen molar-refractivity contribution in [1.82, 2.24) is 10.5 Å². The molecular formula is C16H16ClFN2O4. The number of aromatic nitrogens is 1. The van der Waals surface area contributed by atoms with Crippen LogP contribution in [-0.4, -0.2) is 22.1 Å². The highest BCUT2D eigenvalue weighted by molar-refractivity contribution is 6.30. The molecular weight excluding hydrogens is 339 g/mol. The van der Waals surface area contributed by atoms with E-state index in [-0.39, 0.29) is 22.3 Å². The second kappa shape index (κ2) is 7.44. The normalized spacial score (nSPS) is 12.2. The van der Waals surface area contributed by atoms with Crippen molar-refractivity contribution >= 4 is 23.5 Å². The predicted molar refractivity (Wildman–Crippen MR) is 84.5 cm³/mol. The average Bonchev–Trinajstić information content (AvgIpc) is 2.99. The van der Waals surface area contributed by atoms with Gasteiger partial charge in [-0.05, 0) is 23.6 Å². The zero-order chi connectivity index (χ0) is 17.9. The van der Waals surface area contributed by atoms with Gasteiger partial charge in [0.2, 0.25) is 5.76 Å². The molecule has 24 heavy (non-hydrogen) atoms. The van der Waals surface area contributed by atoms with Crippen LogP contribution in [0.25, 0.3) is 0 Å². The third-order valence-electron chi connectivity index (χ3n) is 3.37. The number of carbonyl (C=O) groups is 2. The lowest BCUT2D eigenvalue weighted by Gasteiger charge is -2.17. The minimum atomic E-state index is -1.14. The molecule has 1 unspecified atom stereocenters. The molecule has 0 aliphatic carbocycles. The van der Waals surface area contributed by atoms with Gasteiger partial charge in [0.05, 0.1) is 23.2 Å². The number of carbonyl (C=O) groups excluding carboxylic acids is 1. The highest BCUT2D eigenvalue weighted by Gasteiger charge is 2.22. The quantitative estimate of drug-likeness (QED) is 0.827. The summed E-state index contributed by atoms with van der Waals surface area (Å²) < 4.78 is 18.6. The summed E-state index contributed by atoms with van der Waals surface area (Å²) in [6.07, 6.45) is -0.419. The molecule has 6 nitrogen and oxygen atoms in total. The number of carboxylic acids is 1. The lowest BCUT2D eigenvalue weighted by molar-refractivity contribution is -0.137. The molecule has 1 heterocycles. The van der Waals surface area contributed by atoms with Gasteiger partial charge in [-0.3, -0.25) is 9.59 Å². The van der Waals surface area contributed by atoms with Crippen LogP contribution in [0.15, 0.2) is 28.8 Å². The molecule has 128 valence electrons. The number of amides is 1. The Labute approximate surface area is 142 Å². The van der Waals surface area contributed by atoms with E-state index in [1.54, 1.807) is 0 Å². The number of nitrogens with zero attached hydrogens (tertiary/aromatic N) is 1. The Hall–Kier alpha value is -2.41. The maximum atomic E-state index is 13.6. The number of aliphatic carboxylic acids is 1. The number of nitrogens with one attached hydrogen (secondary N) is 1. The van der Waals surface area contributed by atoms with Crippen molar-refractivity contribution in [1.29, 1.82) is 0 Å². The summed E-state index contributed by atoms with van der Waals surface area (Å²) in [5.41, 5.74) is 0.892. The highest BCUT2D eigenvalue weighted by atomic mass is 35.5. The van der Waals surface area contributed by atoms with Crippen LogP contribution in [0.3, 0.4) is 0 Å². The van der Waals surface area contributed by atoms with Gasteiger partial charge in [-0.1, -0.05) is 36.7 Å². The van der Waals surface area contributed by atoms with Gasteiger partial charge in [0, 0.05) is 6.07 Å². The molecule has 0 radical (unpaired) electrons. The number of carboxylic acid groups (broad SMARTS) is 1. The van der Waals surface area contributed by atoms with Crippen molar-refractivity contribution in [3.63, 3.8) is 0 Å². The second-order valence-corrected chi connectivity index (χ2v) is 5.98. The highest BCUT2D eigenvalue weighted by Crippen LogP contribution is 2.23. The first-order valence-electron chi connectivity index (χ1n) is 7.22. The SMILES string of the molecule is CC(C)c1cc(C(=O)NC(CC(=O)O)c2ccc(Cl)c(F)c2)on1. The van der Waals surface area contributed by atoms with Crippen molar-refractivity contribution in [2.45, 2.75) is 32.2 Å².